The van der Waals surface area contributed by atoms with Crippen LogP contribution >= 0.6 is 11.3 Å². The number of amides is 1. The van der Waals surface area contributed by atoms with Gasteiger partial charge in [-0.05, 0) is 40.9 Å². The van der Waals surface area contributed by atoms with Gasteiger partial charge in [0.2, 0.25) is 0 Å². The lowest BCUT2D eigenvalue weighted by Crippen LogP contribution is -2.38. The molecule has 0 spiro atoms. The fraction of sp³-hybridized carbons (Fsp3) is 0.217. The number of hydrogen-bond donors (Lipinski definition) is 2. The molecule has 1 amide bonds. The van der Waals surface area contributed by atoms with Crippen LogP contribution in [0, 0.1) is 0 Å². The molecule has 5 rings (SSSR count). The monoisotopic (exact) mass is 420 g/mol. The summed E-state index contributed by atoms with van der Waals surface area (Å²) in [7, 11) is 0. The summed E-state index contributed by atoms with van der Waals surface area (Å²) in [6.07, 6.45) is 1.38. The number of rotatable bonds is 3. The molecule has 4 heterocycles. The number of thiophene rings is 1. The number of aromatic nitrogens is 1. The van der Waals surface area contributed by atoms with Crippen LogP contribution in [-0.4, -0.2) is 50.7 Å². The number of likely N-dealkylation sites (tertiary alicyclic amines) is 1. The van der Waals surface area contributed by atoms with Crippen LogP contribution in [0.15, 0.2) is 64.9 Å². The van der Waals surface area contributed by atoms with Gasteiger partial charge in [-0.2, -0.15) is 0 Å². The van der Waals surface area contributed by atoms with E-state index in [0.717, 1.165) is 15.6 Å². The van der Waals surface area contributed by atoms with E-state index < -0.39 is 12.1 Å². The molecule has 1 aromatic carbocycles. The van der Waals surface area contributed by atoms with Crippen molar-refractivity contribution in [3.63, 3.8) is 0 Å². The van der Waals surface area contributed by atoms with Crippen LogP contribution in [0.3, 0.4) is 0 Å². The lowest BCUT2D eigenvalue weighted by Gasteiger charge is -2.24. The average molecular weight is 420 g/mol. The first-order chi connectivity index (χ1) is 14.6. The summed E-state index contributed by atoms with van der Waals surface area (Å²) >= 11 is 1.48. The zero-order valence-electron chi connectivity index (χ0n) is 16.1. The molecule has 1 fully saturated rings. The van der Waals surface area contributed by atoms with Gasteiger partial charge < -0.3 is 15.1 Å². The maximum atomic E-state index is 13.6. The van der Waals surface area contributed by atoms with Crippen LogP contribution in [0.2, 0.25) is 0 Å². The standard InChI is InChI=1S/C23H20N2O4S/c26-13-16-10-17(27)12-25(16)23(29)19-11-18(14-4-2-1-3-5-14)22(28)24-8-6-15-7-9-30-21(15)20(19)24/h1-9,11,16-17,26-27H,10,12-13H2/t16-,17+/m0/s1. The fourth-order valence-electron chi connectivity index (χ4n) is 4.26. The maximum Gasteiger partial charge on any atom is 0.263 e. The Hall–Kier alpha value is -3.00. The Morgan fingerprint density at radius 1 is 1.17 bits per heavy atom. The molecule has 1 aliphatic rings. The van der Waals surface area contributed by atoms with E-state index in [1.54, 1.807) is 12.3 Å². The number of pyridine rings is 2. The molecule has 6 nitrogen and oxygen atoms in total. The molecule has 0 bridgehead atoms. The highest BCUT2D eigenvalue weighted by Gasteiger charge is 2.35. The number of carbonyl (C=O) groups is 1. The van der Waals surface area contributed by atoms with E-state index in [4.69, 9.17) is 0 Å². The van der Waals surface area contributed by atoms with Crippen molar-refractivity contribution in [1.29, 1.82) is 0 Å². The van der Waals surface area contributed by atoms with Crippen molar-refractivity contribution in [2.24, 2.45) is 0 Å². The minimum Gasteiger partial charge on any atom is -0.394 e. The van der Waals surface area contributed by atoms with Gasteiger partial charge in [0, 0.05) is 18.3 Å². The summed E-state index contributed by atoms with van der Waals surface area (Å²) in [4.78, 5) is 28.5. The molecule has 2 atom stereocenters. The minimum absolute atomic E-state index is 0.163. The number of carbonyl (C=O) groups excluding carboxylic acids is 1. The number of benzene rings is 1. The van der Waals surface area contributed by atoms with E-state index in [1.165, 1.54) is 20.6 Å². The summed E-state index contributed by atoms with van der Waals surface area (Å²) in [6, 6.07) is 14.3. The van der Waals surface area contributed by atoms with Gasteiger partial charge in [-0.15, -0.1) is 11.3 Å². The molecule has 4 aromatic rings. The molecule has 1 aliphatic heterocycles. The third kappa shape index (κ3) is 2.94. The van der Waals surface area contributed by atoms with Gasteiger partial charge in [-0.1, -0.05) is 30.3 Å². The van der Waals surface area contributed by atoms with Crippen LogP contribution in [0.25, 0.3) is 26.7 Å². The largest absolute Gasteiger partial charge is 0.394 e. The SMILES string of the molecule is O=C(c1cc(-c2ccccc2)c(=O)n2ccc3ccsc3c12)N1C[C@H](O)C[C@H]1CO. The first kappa shape index (κ1) is 19.0. The van der Waals surface area contributed by atoms with Gasteiger partial charge in [0.05, 0.1) is 34.5 Å². The van der Waals surface area contributed by atoms with Crippen LogP contribution < -0.4 is 5.56 Å². The predicted octanol–water partition coefficient (Wildman–Crippen LogP) is 2.75. The molecule has 0 aliphatic carbocycles. The molecule has 3 aromatic heterocycles. The number of β-amino-alcohol motifs (C(OH)–C–C–N with tert-alkyl or cyclic N) is 1. The van der Waals surface area contributed by atoms with E-state index in [-0.39, 0.29) is 24.6 Å². The number of aliphatic hydroxyl groups is 2. The van der Waals surface area contributed by atoms with Crippen LogP contribution in [0.1, 0.15) is 16.8 Å². The first-order valence-corrected chi connectivity index (χ1v) is 10.7. The van der Waals surface area contributed by atoms with Gasteiger partial charge >= 0.3 is 0 Å². The first-order valence-electron chi connectivity index (χ1n) is 9.79. The topological polar surface area (TPSA) is 82.2 Å². The highest BCUT2D eigenvalue weighted by Crippen LogP contribution is 2.31. The van der Waals surface area contributed by atoms with Crippen molar-refractivity contribution >= 4 is 32.8 Å². The fourth-order valence-corrected chi connectivity index (χ4v) is 5.21. The van der Waals surface area contributed by atoms with Crippen LogP contribution in [0.4, 0.5) is 0 Å². The van der Waals surface area contributed by atoms with Crippen molar-refractivity contribution in [3.05, 3.63) is 76.0 Å². The Bertz CT molecular complexity index is 1310. The smallest absolute Gasteiger partial charge is 0.263 e. The third-order valence-corrected chi connectivity index (χ3v) is 6.66. The Kier molecular flexibility index (Phi) is 4.66. The van der Waals surface area contributed by atoms with E-state index in [0.29, 0.717) is 23.1 Å². The quantitative estimate of drug-likeness (QED) is 0.534. The molecule has 152 valence electrons. The second kappa shape index (κ2) is 7.36. The van der Waals surface area contributed by atoms with Crippen LogP contribution in [0.5, 0.6) is 0 Å². The average Bonchev–Trinajstić information content (AvgIpc) is 3.40. The Morgan fingerprint density at radius 3 is 2.73 bits per heavy atom. The zero-order chi connectivity index (χ0) is 20.8. The van der Waals surface area contributed by atoms with Crippen molar-refractivity contribution < 1.29 is 15.0 Å². The summed E-state index contributed by atoms with van der Waals surface area (Å²) in [5, 5.41) is 22.7. The van der Waals surface area contributed by atoms with Crippen molar-refractivity contribution in [2.45, 2.75) is 18.6 Å². The summed E-state index contributed by atoms with van der Waals surface area (Å²) in [5.74, 6) is -0.291. The number of aliphatic hydroxyl groups excluding tert-OH is 2. The molecule has 0 saturated carbocycles. The van der Waals surface area contributed by atoms with Crippen molar-refractivity contribution in [3.8, 4) is 11.1 Å². The molecule has 0 unspecified atom stereocenters. The zero-order valence-corrected chi connectivity index (χ0v) is 16.9. The molecule has 1 saturated heterocycles. The summed E-state index contributed by atoms with van der Waals surface area (Å²) in [5.41, 5.74) is 1.94. The van der Waals surface area contributed by atoms with E-state index in [1.807, 2.05) is 47.8 Å². The molecular formula is C23H20N2O4S. The predicted molar refractivity (Wildman–Crippen MR) is 117 cm³/mol. The van der Waals surface area contributed by atoms with E-state index in [9.17, 15) is 19.8 Å². The second-order valence-corrected chi connectivity index (χ2v) is 8.48. The van der Waals surface area contributed by atoms with Crippen molar-refractivity contribution in [1.82, 2.24) is 9.30 Å². The van der Waals surface area contributed by atoms with Gasteiger partial charge in [-0.25, -0.2) is 0 Å². The molecule has 30 heavy (non-hydrogen) atoms. The van der Waals surface area contributed by atoms with E-state index >= 15 is 0 Å². The highest BCUT2D eigenvalue weighted by atomic mass is 32.1. The Labute approximate surface area is 176 Å². The lowest BCUT2D eigenvalue weighted by molar-refractivity contribution is 0.0666. The number of hydrogen-bond acceptors (Lipinski definition) is 5. The number of fused-ring (bicyclic) bond motifs is 3. The maximum absolute atomic E-state index is 13.6. The Balaban J connectivity index is 1.81. The molecule has 2 N–H and O–H groups in total. The Morgan fingerprint density at radius 2 is 1.97 bits per heavy atom. The summed E-state index contributed by atoms with van der Waals surface area (Å²) < 4.78 is 2.40. The molecule has 0 radical (unpaired) electrons. The lowest BCUT2D eigenvalue weighted by atomic mass is 10.0. The third-order valence-electron chi connectivity index (χ3n) is 5.73. The van der Waals surface area contributed by atoms with Gasteiger partial charge in [-0.3, -0.25) is 14.0 Å². The molecule has 7 heteroatoms. The van der Waals surface area contributed by atoms with E-state index in [2.05, 4.69) is 0 Å². The number of nitrogens with zero attached hydrogens (tertiary/aromatic N) is 2. The highest BCUT2D eigenvalue weighted by molar-refractivity contribution is 7.18. The van der Waals surface area contributed by atoms with Gasteiger partial charge in [0.15, 0.2) is 0 Å². The second-order valence-electron chi connectivity index (χ2n) is 7.57. The normalized spacial score (nSPS) is 19.1. The van der Waals surface area contributed by atoms with Crippen LogP contribution in [-0.2, 0) is 0 Å². The van der Waals surface area contributed by atoms with Crippen molar-refractivity contribution in [2.75, 3.05) is 13.2 Å². The van der Waals surface area contributed by atoms with Gasteiger partial charge in [0.25, 0.3) is 11.5 Å². The van der Waals surface area contributed by atoms with Gasteiger partial charge in [0.1, 0.15) is 0 Å². The summed E-state index contributed by atoms with van der Waals surface area (Å²) in [6.45, 7) is -0.0517. The molecular weight excluding hydrogens is 400 g/mol. The minimum atomic E-state index is -0.667.